The zero-order valence-electron chi connectivity index (χ0n) is 6.76. The van der Waals surface area contributed by atoms with E-state index in [9.17, 15) is 9.59 Å². The summed E-state index contributed by atoms with van der Waals surface area (Å²) in [4.78, 5) is 21.5. The molecule has 0 aliphatic heterocycles. The second-order valence-electron chi connectivity index (χ2n) is 2.50. The molecule has 0 aromatic carbocycles. The molecule has 12 heavy (non-hydrogen) atoms. The molecule has 0 aromatic heterocycles. The molecule has 0 atom stereocenters. The van der Waals surface area contributed by atoms with Gasteiger partial charge >= 0.3 is 0 Å². The Labute approximate surface area is 70.5 Å². The van der Waals surface area contributed by atoms with Crippen LogP contribution in [0.15, 0.2) is 36.1 Å². The predicted octanol–water partition coefficient (Wildman–Crippen LogP) is 0.701. The highest BCUT2D eigenvalue weighted by atomic mass is 16.1. The van der Waals surface area contributed by atoms with Gasteiger partial charge in [-0.1, -0.05) is 6.58 Å². The molecule has 1 N–H and O–H groups in total. The predicted molar refractivity (Wildman–Crippen MR) is 45.2 cm³/mol. The zero-order valence-corrected chi connectivity index (χ0v) is 6.76. The summed E-state index contributed by atoms with van der Waals surface area (Å²) in [7, 11) is 0. The summed E-state index contributed by atoms with van der Waals surface area (Å²) >= 11 is 0. The van der Waals surface area contributed by atoms with E-state index in [0.29, 0.717) is 11.3 Å². The van der Waals surface area contributed by atoms with Crippen LogP contribution in [-0.2, 0) is 9.59 Å². The normalized spacial score (nSPS) is 15.9. The molecule has 0 saturated heterocycles. The van der Waals surface area contributed by atoms with Gasteiger partial charge in [0.15, 0.2) is 5.78 Å². The highest BCUT2D eigenvalue weighted by Crippen LogP contribution is 2.08. The first-order valence-electron chi connectivity index (χ1n) is 3.50. The van der Waals surface area contributed by atoms with E-state index in [-0.39, 0.29) is 11.7 Å². The van der Waals surface area contributed by atoms with E-state index in [4.69, 9.17) is 0 Å². The lowest BCUT2D eigenvalue weighted by Gasteiger charge is -2.07. The van der Waals surface area contributed by atoms with E-state index in [2.05, 4.69) is 11.9 Å². The van der Waals surface area contributed by atoms with Crippen molar-refractivity contribution in [3.05, 3.63) is 36.1 Å². The summed E-state index contributed by atoms with van der Waals surface area (Å²) in [6, 6.07) is 0. The van der Waals surface area contributed by atoms with Crippen LogP contribution in [0.5, 0.6) is 0 Å². The first-order chi connectivity index (χ1) is 5.59. The maximum Gasteiger partial charge on any atom is 0.221 e. The number of hydrogen-bond donors (Lipinski definition) is 1. The Hall–Kier alpha value is -1.64. The Bertz CT molecular complexity index is 310. The van der Waals surface area contributed by atoms with Crippen molar-refractivity contribution in [2.45, 2.75) is 6.92 Å². The summed E-state index contributed by atoms with van der Waals surface area (Å²) in [5, 5.41) is 2.56. The van der Waals surface area contributed by atoms with Gasteiger partial charge in [-0.3, -0.25) is 9.59 Å². The van der Waals surface area contributed by atoms with Gasteiger partial charge in [0.05, 0.1) is 0 Å². The molecular weight excluding hydrogens is 154 g/mol. The minimum Gasteiger partial charge on any atom is -0.326 e. The molecule has 1 amide bonds. The highest BCUT2D eigenvalue weighted by Gasteiger charge is 2.07. The lowest BCUT2D eigenvalue weighted by atomic mass is 10.1. The molecule has 0 radical (unpaired) electrons. The molecule has 3 nitrogen and oxygen atoms in total. The number of ketones is 1. The van der Waals surface area contributed by atoms with Crippen molar-refractivity contribution in [3.63, 3.8) is 0 Å². The standard InChI is InChI=1S/C9H9NO2/c1-6-5-8(10-7(2)11)3-4-9(6)12/h3-5H,1H2,2H3,(H,10,11). The van der Waals surface area contributed by atoms with Gasteiger partial charge in [-0.2, -0.15) is 0 Å². The summed E-state index contributed by atoms with van der Waals surface area (Å²) in [6.45, 7) is 4.93. The van der Waals surface area contributed by atoms with Gasteiger partial charge < -0.3 is 5.32 Å². The molecule has 0 saturated carbocycles. The van der Waals surface area contributed by atoms with Gasteiger partial charge in [-0.05, 0) is 18.2 Å². The van der Waals surface area contributed by atoms with Crippen molar-refractivity contribution in [3.8, 4) is 0 Å². The molecule has 1 aliphatic rings. The molecule has 0 unspecified atom stereocenters. The third kappa shape index (κ3) is 1.92. The van der Waals surface area contributed by atoms with Crippen LogP contribution >= 0.6 is 0 Å². The van der Waals surface area contributed by atoms with Crippen LogP contribution < -0.4 is 5.32 Å². The fraction of sp³-hybridized carbons (Fsp3) is 0.111. The van der Waals surface area contributed by atoms with Gasteiger partial charge in [0.2, 0.25) is 5.91 Å². The van der Waals surface area contributed by atoms with Crippen LogP contribution in [-0.4, -0.2) is 11.7 Å². The van der Waals surface area contributed by atoms with Crippen molar-refractivity contribution in [2.75, 3.05) is 0 Å². The molecule has 0 heterocycles. The average molecular weight is 163 g/mol. The second kappa shape index (κ2) is 3.17. The molecule has 0 fully saturated rings. The smallest absolute Gasteiger partial charge is 0.221 e. The van der Waals surface area contributed by atoms with Crippen molar-refractivity contribution in [1.29, 1.82) is 0 Å². The van der Waals surface area contributed by atoms with Crippen LogP contribution in [0.25, 0.3) is 0 Å². The van der Waals surface area contributed by atoms with Gasteiger partial charge in [0.25, 0.3) is 0 Å². The Morgan fingerprint density at radius 3 is 2.67 bits per heavy atom. The van der Waals surface area contributed by atoms with Gasteiger partial charge in [-0.15, -0.1) is 0 Å². The lowest BCUT2D eigenvalue weighted by molar-refractivity contribution is -0.118. The third-order valence-electron chi connectivity index (χ3n) is 1.38. The molecule has 3 heteroatoms. The zero-order chi connectivity index (χ0) is 9.14. The SMILES string of the molecule is C=C1C=C(NC(C)=O)C=CC1=O. The van der Waals surface area contributed by atoms with E-state index in [1.54, 1.807) is 12.2 Å². The molecular formula is C9H9NO2. The first-order valence-corrected chi connectivity index (χ1v) is 3.50. The number of carbonyl (C=O) groups excluding carboxylic acids is 2. The fourth-order valence-corrected chi connectivity index (χ4v) is 0.860. The van der Waals surface area contributed by atoms with Crippen LogP contribution in [0.2, 0.25) is 0 Å². The summed E-state index contributed by atoms with van der Waals surface area (Å²) in [5.74, 6) is -0.280. The first kappa shape index (κ1) is 8.46. The number of carbonyl (C=O) groups is 2. The minimum absolute atomic E-state index is 0.121. The number of nitrogens with one attached hydrogen (secondary N) is 1. The third-order valence-corrected chi connectivity index (χ3v) is 1.38. The van der Waals surface area contributed by atoms with E-state index in [0.717, 1.165) is 0 Å². The Balaban J connectivity index is 2.76. The fourth-order valence-electron chi connectivity index (χ4n) is 0.860. The van der Waals surface area contributed by atoms with Crippen molar-refractivity contribution in [1.82, 2.24) is 5.32 Å². The Kier molecular flexibility index (Phi) is 2.24. The maximum absolute atomic E-state index is 10.9. The average Bonchev–Trinajstić information content (AvgIpc) is 1.96. The van der Waals surface area contributed by atoms with Crippen molar-refractivity contribution < 1.29 is 9.59 Å². The number of allylic oxidation sites excluding steroid dienone is 4. The number of hydrogen-bond acceptors (Lipinski definition) is 2. The summed E-state index contributed by atoms with van der Waals surface area (Å²) in [5.41, 5.74) is 0.994. The molecule has 1 rings (SSSR count). The minimum atomic E-state index is -0.159. The van der Waals surface area contributed by atoms with Crippen LogP contribution in [0.3, 0.4) is 0 Å². The van der Waals surface area contributed by atoms with Crippen LogP contribution in [0, 0.1) is 0 Å². The largest absolute Gasteiger partial charge is 0.326 e. The van der Waals surface area contributed by atoms with Crippen LogP contribution in [0.4, 0.5) is 0 Å². The lowest BCUT2D eigenvalue weighted by Crippen LogP contribution is -2.20. The Morgan fingerprint density at radius 2 is 2.17 bits per heavy atom. The molecule has 0 bridgehead atoms. The Morgan fingerprint density at radius 1 is 1.50 bits per heavy atom. The number of amides is 1. The quantitative estimate of drug-likeness (QED) is 0.578. The van der Waals surface area contributed by atoms with Crippen molar-refractivity contribution in [2.24, 2.45) is 0 Å². The second-order valence-corrected chi connectivity index (χ2v) is 2.50. The maximum atomic E-state index is 10.9. The van der Waals surface area contributed by atoms with Crippen molar-refractivity contribution >= 4 is 11.7 Å². The van der Waals surface area contributed by atoms with E-state index in [1.807, 2.05) is 0 Å². The molecule has 1 aliphatic carbocycles. The molecule has 0 aromatic rings. The van der Waals surface area contributed by atoms with Gasteiger partial charge in [-0.25, -0.2) is 0 Å². The number of rotatable bonds is 1. The molecule has 0 spiro atoms. The summed E-state index contributed by atoms with van der Waals surface area (Å²) in [6.07, 6.45) is 4.48. The monoisotopic (exact) mass is 163 g/mol. The van der Waals surface area contributed by atoms with Gasteiger partial charge in [0.1, 0.15) is 0 Å². The highest BCUT2D eigenvalue weighted by molar-refractivity contribution is 6.07. The van der Waals surface area contributed by atoms with Gasteiger partial charge in [0, 0.05) is 18.2 Å². The molecule has 62 valence electrons. The van der Waals surface area contributed by atoms with Crippen LogP contribution in [0.1, 0.15) is 6.92 Å². The van der Waals surface area contributed by atoms with E-state index >= 15 is 0 Å². The topological polar surface area (TPSA) is 46.2 Å². The van der Waals surface area contributed by atoms with E-state index < -0.39 is 0 Å². The summed E-state index contributed by atoms with van der Waals surface area (Å²) < 4.78 is 0. The van der Waals surface area contributed by atoms with E-state index in [1.165, 1.54) is 13.0 Å².